The monoisotopic (exact) mass is 466 g/mol. The van der Waals surface area contributed by atoms with E-state index in [1.165, 1.54) is 4.90 Å². The molecule has 0 heterocycles. The molecular weight excluding hydrogens is 439 g/mol. The van der Waals surface area contributed by atoms with Gasteiger partial charge in [-0.15, -0.1) is 0 Å². The molecule has 1 atom stereocenters. The highest BCUT2D eigenvalue weighted by molar-refractivity contribution is 6.36. The third-order valence-corrected chi connectivity index (χ3v) is 5.37. The van der Waals surface area contributed by atoms with Gasteiger partial charge in [0.2, 0.25) is 5.91 Å². The number of amides is 2. The van der Waals surface area contributed by atoms with Crippen LogP contribution in [0.4, 0.5) is 0 Å². The van der Waals surface area contributed by atoms with Crippen molar-refractivity contribution in [3.63, 3.8) is 0 Å². The van der Waals surface area contributed by atoms with Gasteiger partial charge in [-0.05, 0) is 49.2 Å². The van der Waals surface area contributed by atoms with Crippen LogP contribution in [0.25, 0.3) is 0 Å². The molecule has 0 aromatic heterocycles. The van der Waals surface area contributed by atoms with E-state index < -0.39 is 6.04 Å². The first kappa shape index (κ1) is 24.8. The van der Waals surface area contributed by atoms with Gasteiger partial charge < -0.3 is 19.7 Å². The Morgan fingerprint density at radius 2 is 1.58 bits per heavy atom. The third kappa shape index (κ3) is 7.33. The lowest BCUT2D eigenvalue weighted by atomic mass is 10.1. The standard InChI is InChI=1S/C23H28Cl2N2O4/c1-15(2)12-26-23(29)16(3)27(13-19-20(24)6-5-7-21(19)25)22(28)14-31-18-10-8-17(30-4)9-11-18/h5-11,15-16H,12-14H2,1-4H3,(H,26,29)/t16-/m0/s1. The average Bonchev–Trinajstić information content (AvgIpc) is 2.75. The summed E-state index contributed by atoms with van der Waals surface area (Å²) < 4.78 is 10.7. The maximum absolute atomic E-state index is 13.1. The highest BCUT2D eigenvalue weighted by atomic mass is 35.5. The smallest absolute Gasteiger partial charge is 0.261 e. The third-order valence-electron chi connectivity index (χ3n) is 4.66. The Morgan fingerprint density at radius 1 is 1.00 bits per heavy atom. The SMILES string of the molecule is COc1ccc(OCC(=O)N(Cc2c(Cl)cccc2Cl)[C@@H](C)C(=O)NCC(C)C)cc1. The van der Waals surface area contributed by atoms with Gasteiger partial charge in [-0.25, -0.2) is 0 Å². The zero-order valence-corrected chi connectivity index (χ0v) is 19.7. The fourth-order valence-corrected chi connectivity index (χ4v) is 3.31. The van der Waals surface area contributed by atoms with Crippen LogP contribution in [0.1, 0.15) is 26.3 Å². The Balaban J connectivity index is 2.18. The van der Waals surface area contributed by atoms with Crippen LogP contribution in [-0.2, 0) is 16.1 Å². The van der Waals surface area contributed by atoms with E-state index in [4.69, 9.17) is 32.7 Å². The summed E-state index contributed by atoms with van der Waals surface area (Å²) in [5.74, 6) is 0.872. The maximum Gasteiger partial charge on any atom is 0.261 e. The summed E-state index contributed by atoms with van der Waals surface area (Å²) in [4.78, 5) is 27.2. The Hall–Kier alpha value is -2.44. The average molecular weight is 467 g/mol. The molecule has 31 heavy (non-hydrogen) atoms. The molecule has 0 saturated heterocycles. The first-order valence-corrected chi connectivity index (χ1v) is 10.8. The molecule has 0 aliphatic carbocycles. The second-order valence-corrected chi connectivity index (χ2v) is 8.32. The lowest BCUT2D eigenvalue weighted by molar-refractivity contribution is -0.142. The molecule has 8 heteroatoms. The molecule has 2 rings (SSSR count). The molecular formula is C23H28Cl2N2O4. The molecule has 1 N–H and O–H groups in total. The number of methoxy groups -OCH3 is 1. The summed E-state index contributed by atoms with van der Waals surface area (Å²) in [6, 6.07) is 11.3. The number of rotatable bonds is 10. The van der Waals surface area contributed by atoms with Gasteiger partial charge in [-0.3, -0.25) is 9.59 Å². The number of benzene rings is 2. The van der Waals surface area contributed by atoms with Crippen LogP contribution in [0.5, 0.6) is 11.5 Å². The lowest BCUT2D eigenvalue weighted by Gasteiger charge is -2.29. The summed E-state index contributed by atoms with van der Waals surface area (Å²) in [7, 11) is 1.57. The van der Waals surface area contributed by atoms with E-state index in [0.29, 0.717) is 33.7 Å². The van der Waals surface area contributed by atoms with Crippen LogP contribution in [0.3, 0.4) is 0 Å². The van der Waals surface area contributed by atoms with Gasteiger partial charge in [0.1, 0.15) is 17.5 Å². The summed E-state index contributed by atoms with van der Waals surface area (Å²) in [6.07, 6.45) is 0. The fourth-order valence-electron chi connectivity index (χ4n) is 2.79. The van der Waals surface area contributed by atoms with E-state index in [-0.39, 0.29) is 30.9 Å². The minimum atomic E-state index is -0.738. The quantitative estimate of drug-likeness (QED) is 0.556. The lowest BCUT2D eigenvalue weighted by Crippen LogP contribution is -2.49. The van der Waals surface area contributed by atoms with Crippen molar-refractivity contribution < 1.29 is 19.1 Å². The summed E-state index contributed by atoms with van der Waals surface area (Å²) in [6.45, 7) is 6.03. The number of nitrogens with zero attached hydrogens (tertiary/aromatic N) is 1. The Kier molecular flexibility index (Phi) is 9.46. The van der Waals surface area contributed by atoms with E-state index in [1.807, 2.05) is 13.8 Å². The van der Waals surface area contributed by atoms with Crippen molar-refractivity contribution in [2.24, 2.45) is 5.92 Å². The Morgan fingerprint density at radius 3 is 2.13 bits per heavy atom. The predicted molar refractivity (Wildman–Crippen MR) is 123 cm³/mol. The van der Waals surface area contributed by atoms with Crippen LogP contribution in [0.2, 0.25) is 10.0 Å². The highest BCUT2D eigenvalue weighted by Crippen LogP contribution is 2.26. The van der Waals surface area contributed by atoms with Crippen molar-refractivity contribution >= 4 is 35.0 Å². The second kappa shape index (κ2) is 11.8. The van der Waals surface area contributed by atoms with Crippen LogP contribution in [0, 0.1) is 5.92 Å². The maximum atomic E-state index is 13.1. The molecule has 2 amide bonds. The van der Waals surface area contributed by atoms with E-state index in [2.05, 4.69) is 5.32 Å². The van der Waals surface area contributed by atoms with Crippen LogP contribution in [-0.4, -0.2) is 43.0 Å². The molecule has 0 aliphatic rings. The first-order valence-electron chi connectivity index (χ1n) is 9.99. The summed E-state index contributed by atoms with van der Waals surface area (Å²) >= 11 is 12.6. The van der Waals surface area contributed by atoms with E-state index in [0.717, 1.165) is 0 Å². The molecule has 0 saturated carbocycles. The zero-order valence-electron chi connectivity index (χ0n) is 18.2. The Bertz CT molecular complexity index is 867. The van der Waals surface area contributed by atoms with Crippen molar-refractivity contribution in [2.75, 3.05) is 20.3 Å². The van der Waals surface area contributed by atoms with Crippen molar-refractivity contribution in [1.29, 1.82) is 0 Å². The summed E-state index contributed by atoms with van der Waals surface area (Å²) in [5.41, 5.74) is 0.576. The molecule has 0 fully saturated rings. The molecule has 0 aliphatic heterocycles. The van der Waals surface area contributed by atoms with Crippen molar-refractivity contribution in [2.45, 2.75) is 33.4 Å². The van der Waals surface area contributed by atoms with E-state index in [1.54, 1.807) is 56.5 Å². The number of ether oxygens (including phenoxy) is 2. The number of halogens is 2. The molecule has 0 unspecified atom stereocenters. The van der Waals surface area contributed by atoms with E-state index in [9.17, 15) is 9.59 Å². The van der Waals surface area contributed by atoms with Gasteiger partial charge in [0.25, 0.3) is 5.91 Å². The van der Waals surface area contributed by atoms with Crippen LogP contribution >= 0.6 is 23.2 Å². The van der Waals surface area contributed by atoms with Crippen molar-refractivity contribution in [3.05, 3.63) is 58.1 Å². The Labute approximate surface area is 193 Å². The number of carbonyl (C=O) groups excluding carboxylic acids is 2. The largest absolute Gasteiger partial charge is 0.497 e. The number of nitrogens with one attached hydrogen (secondary N) is 1. The topological polar surface area (TPSA) is 67.9 Å². The normalized spacial score (nSPS) is 11.7. The number of hydrogen-bond donors (Lipinski definition) is 1. The molecule has 0 radical (unpaired) electrons. The molecule has 2 aromatic rings. The zero-order chi connectivity index (χ0) is 23.0. The van der Waals surface area contributed by atoms with E-state index >= 15 is 0 Å². The summed E-state index contributed by atoms with van der Waals surface area (Å²) in [5, 5.41) is 3.72. The first-order chi connectivity index (χ1) is 14.7. The van der Waals surface area contributed by atoms with Gasteiger partial charge in [0.15, 0.2) is 6.61 Å². The van der Waals surface area contributed by atoms with Crippen molar-refractivity contribution in [3.8, 4) is 11.5 Å². The molecule has 0 bridgehead atoms. The number of hydrogen-bond acceptors (Lipinski definition) is 4. The van der Waals surface area contributed by atoms with Gasteiger partial charge in [0.05, 0.1) is 7.11 Å². The van der Waals surface area contributed by atoms with Gasteiger partial charge in [-0.2, -0.15) is 0 Å². The molecule has 6 nitrogen and oxygen atoms in total. The van der Waals surface area contributed by atoms with Gasteiger partial charge >= 0.3 is 0 Å². The van der Waals surface area contributed by atoms with Gasteiger partial charge in [0, 0.05) is 28.7 Å². The molecule has 2 aromatic carbocycles. The second-order valence-electron chi connectivity index (χ2n) is 7.50. The predicted octanol–water partition coefficient (Wildman–Crippen LogP) is 4.57. The molecule has 0 spiro atoms. The minimum Gasteiger partial charge on any atom is -0.497 e. The minimum absolute atomic E-state index is 0.0829. The van der Waals surface area contributed by atoms with Gasteiger partial charge in [-0.1, -0.05) is 43.1 Å². The highest BCUT2D eigenvalue weighted by Gasteiger charge is 2.27. The number of carbonyl (C=O) groups is 2. The van der Waals surface area contributed by atoms with Crippen LogP contribution in [0.15, 0.2) is 42.5 Å². The molecule has 168 valence electrons. The fraction of sp³-hybridized carbons (Fsp3) is 0.391. The van der Waals surface area contributed by atoms with Crippen molar-refractivity contribution in [1.82, 2.24) is 10.2 Å². The van der Waals surface area contributed by atoms with Crippen LogP contribution < -0.4 is 14.8 Å².